The van der Waals surface area contributed by atoms with Gasteiger partial charge >= 0.3 is 0 Å². The maximum Gasteiger partial charge on any atom is 0.228 e. The summed E-state index contributed by atoms with van der Waals surface area (Å²) in [5.74, 6) is 0.0520. The molecule has 2 heteroatoms. The molecular weight excluding hydrogens is 258 g/mol. The molecule has 1 aliphatic carbocycles. The highest BCUT2D eigenvalue weighted by Gasteiger charge is 2.12. The largest absolute Gasteiger partial charge is 0.326 e. The maximum absolute atomic E-state index is 12.2. The lowest BCUT2D eigenvalue weighted by Crippen LogP contribution is -2.14. The van der Waals surface area contributed by atoms with Gasteiger partial charge in [0.05, 0.1) is 6.42 Å². The fourth-order valence-corrected chi connectivity index (χ4v) is 2.94. The second-order valence-corrected chi connectivity index (χ2v) is 5.98. The molecule has 1 amide bonds. The first kappa shape index (κ1) is 13.9. The summed E-state index contributed by atoms with van der Waals surface area (Å²) in [4.78, 5) is 12.2. The van der Waals surface area contributed by atoms with Crippen LogP contribution in [0.1, 0.15) is 34.2 Å². The van der Waals surface area contributed by atoms with Gasteiger partial charge in [-0.3, -0.25) is 4.79 Å². The molecule has 0 radical (unpaired) electrons. The van der Waals surface area contributed by atoms with Crippen LogP contribution in [0.2, 0.25) is 0 Å². The smallest absolute Gasteiger partial charge is 0.228 e. The van der Waals surface area contributed by atoms with E-state index in [0.717, 1.165) is 17.7 Å². The van der Waals surface area contributed by atoms with Gasteiger partial charge in [-0.1, -0.05) is 24.3 Å². The Hall–Kier alpha value is -2.09. The average molecular weight is 279 g/mol. The molecule has 0 saturated heterocycles. The zero-order valence-corrected chi connectivity index (χ0v) is 12.7. The Bertz CT molecular complexity index is 688. The molecule has 21 heavy (non-hydrogen) atoms. The van der Waals surface area contributed by atoms with Crippen molar-refractivity contribution in [3.8, 4) is 0 Å². The van der Waals surface area contributed by atoms with Crippen LogP contribution in [0.3, 0.4) is 0 Å². The first-order chi connectivity index (χ1) is 10.1. The number of carbonyl (C=O) groups excluding carboxylic acids is 1. The molecule has 0 unspecified atom stereocenters. The van der Waals surface area contributed by atoms with Crippen molar-refractivity contribution < 1.29 is 4.79 Å². The van der Waals surface area contributed by atoms with Crippen LogP contribution in [-0.4, -0.2) is 5.91 Å². The predicted octanol–water partition coefficient (Wildman–Crippen LogP) is 3.97. The molecule has 0 saturated carbocycles. The van der Waals surface area contributed by atoms with Crippen molar-refractivity contribution in [2.45, 2.75) is 39.5 Å². The van der Waals surface area contributed by atoms with E-state index in [1.54, 1.807) is 0 Å². The fourth-order valence-electron chi connectivity index (χ4n) is 2.94. The molecule has 0 spiro atoms. The summed E-state index contributed by atoms with van der Waals surface area (Å²) >= 11 is 0. The van der Waals surface area contributed by atoms with E-state index in [-0.39, 0.29) is 5.91 Å². The lowest BCUT2D eigenvalue weighted by molar-refractivity contribution is -0.115. The van der Waals surface area contributed by atoms with Crippen LogP contribution >= 0.6 is 0 Å². The summed E-state index contributed by atoms with van der Waals surface area (Å²) in [7, 11) is 0. The van der Waals surface area contributed by atoms with Crippen molar-refractivity contribution in [1.82, 2.24) is 0 Å². The minimum Gasteiger partial charge on any atom is -0.326 e. The molecule has 3 rings (SSSR count). The maximum atomic E-state index is 12.2. The van der Waals surface area contributed by atoms with Gasteiger partial charge in [0.1, 0.15) is 0 Å². The van der Waals surface area contributed by atoms with Gasteiger partial charge in [-0.15, -0.1) is 0 Å². The number of anilines is 1. The molecule has 108 valence electrons. The molecule has 0 fully saturated rings. The highest BCUT2D eigenvalue weighted by Crippen LogP contribution is 2.23. The van der Waals surface area contributed by atoms with E-state index in [0.29, 0.717) is 6.42 Å². The molecule has 2 nitrogen and oxygen atoms in total. The first-order valence-electron chi connectivity index (χ1n) is 7.59. The average Bonchev–Trinajstić information content (AvgIpc) is 2.90. The van der Waals surface area contributed by atoms with Gasteiger partial charge in [0.2, 0.25) is 5.91 Å². The van der Waals surface area contributed by atoms with Gasteiger partial charge in [-0.2, -0.15) is 0 Å². The third kappa shape index (κ3) is 3.15. The summed E-state index contributed by atoms with van der Waals surface area (Å²) in [6.45, 7) is 4.14. The van der Waals surface area contributed by atoms with Crippen LogP contribution < -0.4 is 5.32 Å². The van der Waals surface area contributed by atoms with Crippen molar-refractivity contribution in [3.05, 3.63) is 64.2 Å². The highest BCUT2D eigenvalue weighted by molar-refractivity contribution is 5.92. The summed E-state index contributed by atoms with van der Waals surface area (Å²) in [6, 6.07) is 12.5. The SMILES string of the molecule is Cc1ccc(NC(=O)Cc2ccc3c(c2)CCC3)cc1C. The molecule has 0 heterocycles. The van der Waals surface area contributed by atoms with Crippen molar-refractivity contribution in [2.24, 2.45) is 0 Å². The first-order valence-corrected chi connectivity index (χ1v) is 7.59. The number of aryl methyl sites for hydroxylation is 4. The topological polar surface area (TPSA) is 29.1 Å². The third-order valence-corrected chi connectivity index (χ3v) is 4.32. The molecule has 0 atom stereocenters. The van der Waals surface area contributed by atoms with E-state index >= 15 is 0 Å². The fraction of sp³-hybridized carbons (Fsp3) is 0.316. The molecule has 2 aromatic rings. The Labute approximate surface area is 126 Å². The number of rotatable bonds is 3. The summed E-state index contributed by atoms with van der Waals surface area (Å²) in [6.07, 6.45) is 4.03. The van der Waals surface area contributed by atoms with Crippen LogP contribution in [0.4, 0.5) is 5.69 Å². The van der Waals surface area contributed by atoms with Crippen molar-refractivity contribution >= 4 is 11.6 Å². The van der Waals surface area contributed by atoms with E-state index in [1.165, 1.54) is 35.1 Å². The Morgan fingerprint density at radius 3 is 2.62 bits per heavy atom. The Kier molecular flexibility index (Phi) is 3.78. The number of carbonyl (C=O) groups is 1. The van der Waals surface area contributed by atoms with E-state index in [4.69, 9.17) is 0 Å². The lowest BCUT2D eigenvalue weighted by Gasteiger charge is -2.09. The van der Waals surface area contributed by atoms with Crippen molar-refractivity contribution in [3.63, 3.8) is 0 Å². The number of amides is 1. The van der Waals surface area contributed by atoms with Crippen LogP contribution in [0.25, 0.3) is 0 Å². The van der Waals surface area contributed by atoms with Gasteiger partial charge in [0.25, 0.3) is 0 Å². The van der Waals surface area contributed by atoms with Gasteiger partial charge in [0.15, 0.2) is 0 Å². The number of nitrogens with one attached hydrogen (secondary N) is 1. The quantitative estimate of drug-likeness (QED) is 0.905. The van der Waals surface area contributed by atoms with E-state index < -0.39 is 0 Å². The molecule has 0 aromatic heterocycles. The van der Waals surface area contributed by atoms with Gasteiger partial charge in [-0.25, -0.2) is 0 Å². The normalized spacial score (nSPS) is 13.0. The summed E-state index contributed by atoms with van der Waals surface area (Å²) in [5.41, 5.74) is 7.30. The van der Waals surface area contributed by atoms with Crippen molar-refractivity contribution in [2.75, 3.05) is 5.32 Å². The lowest BCUT2D eigenvalue weighted by atomic mass is 10.0. The third-order valence-electron chi connectivity index (χ3n) is 4.32. The van der Waals surface area contributed by atoms with Crippen LogP contribution in [0.15, 0.2) is 36.4 Å². The highest BCUT2D eigenvalue weighted by atomic mass is 16.1. The predicted molar refractivity (Wildman–Crippen MR) is 86.7 cm³/mol. The van der Waals surface area contributed by atoms with Crippen LogP contribution in [0.5, 0.6) is 0 Å². The zero-order valence-electron chi connectivity index (χ0n) is 12.7. The molecule has 1 N–H and O–H groups in total. The van der Waals surface area contributed by atoms with Gasteiger partial charge in [-0.05, 0) is 73.1 Å². The second-order valence-electron chi connectivity index (χ2n) is 5.98. The van der Waals surface area contributed by atoms with Crippen molar-refractivity contribution in [1.29, 1.82) is 0 Å². The van der Waals surface area contributed by atoms with E-state index in [1.807, 2.05) is 18.2 Å². The Morgan fingerprint density at radius 1 is 1.00 bits per heavy atom. The minimum atomic E-state index is 0.0520. The number of benzene rings is 2. The standard InChI is InChI=1S/C19H21NO/c1-13-6-9-18(10-14(13)2)20-19(21)12-15-7-8-16-4-3-5-17(16)11-15/h6-11H,3-5,12H2,1-2H3,(H,20,21). The Morgan fingerprint density at radius 2 is 1.81 bits per heavy atom. The minimum absolute atomic E-state index is 0.0520. The van der Waals surface area contributed by atoms with E-state index in [2.05, 4.69) is 37.4 Å². The van der Waals surface area contributed by atoms with Crippen LogP contribution in [-0.2, 0) is 24.1 Å². The van der Waals surface area contributed by atoms with E-state index in [9.17, 15) is 4.79 Å². The van der Waals surface area contributed by atoms with Crippen LogP contribution in [0, 0.1) is 13.8 Å². The summed E-state index contributed by atoms with van der Waals surface area (Å²) < 4.78 is 0. The molecule has 0 aliphatic heterocycles. The Balaban J connectivity index is 1.67. The monoisotopic (exact) mass is 279 g/mol. The summed E-state index contributed by atoms with van der Waals surface area (Å²) in [5, 5.41) is 2.99. The number of hydrogen-bond donors (Lipinski definition) is 1. The number of hydrogen-bond acceptors (Lipinski definition) is 1. The molecular formula is C19H21NO. The van der Waals surface area contributed by atoms with Gasteiger partial charge < -0.3 is 5.32 Å². The molecule has 2 aromatic carbocycles. The molecule has 0 bridgehead atoms. The second kappa shape index (κ2) is 5.72. The number of fused-ring (bicyclic) bond motifs is 1. The zero-order chi connectivity index (χ0) is 14.8. The molecule has 1 aliphatic rings. The van der Waals surface area contributed by atoms with Gasteiger partial charge in [0, 0.05) is 5.69 Å².